The van der Waals surface area contributed by atoms with Crippen LogP contribution in [0.1, 0.15) is 44.1 Å². The maximum absolute atomic E-state index is 5.72. The van der Waals surface area contributed by atoms with E-state index in [4.69, 9.17) is 10.8 Å². The van der Waals surface area contributed by atoms with Gasteiger partial charge in [-0.2, -0.15) is 0 Å². The molecule has 1 aliphatic rings. The molecule has 5 heteroatoms. The van der Waals surface area contributed by atoms with E-state index < -0.39 is 0 Å². The Kier molecular flexibility index (Phi) is 4.40. The number of hydrogen-bond acceptors (Lipinski definition) is 4. The highest BCUT2D eigenvalue weighted by Gasteiger charge is 2.14. The number of aliphatic imine (C=N–C) groups is 1. The van der Waals surface area contributed by atoms with E-state index in [1.165, 1.54) is 25.7 Å². The van der Waals surface area contributed by atoms with E-state index in [-0.39, 0.29) is 0 Å². The molecule has 0 aliphatic heterocycles. The maximum Gasteiger partial charge on any atom is 0.145 e. The zero-order valence-corrected chi connectivity index (χ0v) is 12.1. The number of nitrogens with zero attached hydrogens (tertiary/aromatic N) is 3. The lowest BCUT2D eigenvalue weighted by Crippen LogP contribution is -2.32. The summed E-state index contributed by atoms with van der Waals surface area (Å²) in [4.78, 5) is 13.6. The fraction of sp³-hybridized carbons (Fsp3) is 0.438. The van der Waals surface area contributed by atoms with Crippen molar-refractivity contribution in [3.05, 3.63) is 36.2 Å². The summed E-state index contributed by atoms with van der Waals surface area (Å²) in [6.45, 7) is 0. The first kappa shape index (κ1) is 13.9. The van der Waals surface area contributed by atoms with Crippen LogP contribution in [0, 0.1) is 0 Å². The lowest BCUT2D eigenvalue weighted by Gasteiger charge is -2.13. The van der Waals surface area contributed by atoms with Gasteiger partial charge in [-0.25, -0.2) is 5.84 Å². The van der Waals surface area contributed by atoms with E-state index in [9.17, 15) is 0 Å². The van der Waals surface area contributed by atoms with E-state index in [1.807, 2.05) is 18.2 Å². The number of hydrazine groups is 1. The normalized spacial score (nSPS) is 17.7. The first-order chi connectivity index (χ1) is 10.4. The van der Waals surface area contributed by atoms with Crippen molar-refractivity contribution >= 4 is 16.9 Å². The second kappa shape index (κ2) is 6.63. The van der Waals surface area contributed by atoms with Crippen LogP contribution in [0.25, 0.3) is 11.0 Å². The number of benzene rings is 1. The van der Waals surface area contributed by atoms with E-state index in [2.05, 4.69) is 15.4 Å². The molecule has 3 rings (SSSR count). The summed E-state index contributed by atoms with van der Waals surface area (Å²) in [5, 5.41) is 0. The van der Waals surface area contributed by atoms with Crippen molar-refractivity contribution < 1.29 is 0 Å². The second-order valence-electron chi connectivity index (χ2n) is 5.50. The molecule has 0 saturated heterocycles. The van der Waals surface area contributed by atoms with Crippen LogP contribution in [0.15, 0.2) is 35.6 Å². The number of fused-ring (bicyclic) bond motifs is 1. The summed E-state index contributed by atoms with van der Waals surface area (Å²) >= 11 is 0. The average Bonchev–Trinajstić information content (AvgIpc) is 2.81. The predicted octanol–water partition coefficient (Wildman–Crippen LogP) is 2.56. The number of rotatable bonds is 2. The summed E-state index contributed by atoms with van der Waals surface area (Å²) < 4.78 is 0. The SMILES string of the molecule is NNC(=NC1CCCCCC1)c1cccc2nccnc12. The second-order valence-corrected chi connectivity index (χ2v) is 5.50. The number of nitrogens with one attached hydrogen (secondary N) is 1. The van der Waals surface area contributed by atoms with Gasteiger partial charge in [-0.1, -0.05) is 31.7 Å². The highest BCUT2D eigenvalue weighted by Crippen LogP contribution is 2.21. The fourth-order valence-corrected chi connectivity index (χ4v) is 2.94. The Morgan fingerprint density at radius 1 is 1.10 bits per heavy atom. The van der Waals surface area contributed by atoms with Gasteiger partial charge in [0.2, 0.25) is 0 Å². The van der Waals surface area contributed by atoms with Crippen molar-refractivity contribution in [2.24, 2.45) is 10.8 Å². The molecular weight excluding hydrogens is 262 g/mol. The minimum Gasteiger partial charge on any atom is -0.308 e. The Balaban J connectivity index is 1.97. The summed E-state index contributed by atoms with van der Waals surface area (Å²) in [5.74, 6) is 6.44. The number of aromatic nitrogens is 2. The van der Waals surface area contributed by atoms with Gasteiger partial charge in [-0.3, -0.25) is 15.0 Å². The van der Waals surface area contributed by atoms with Gasteiger partial charge in [0.25, 0.3) is 0 Å². The van der Waals surface area contributed by atoms with Gasteiger partial charge in [0.15, 0.2) is 0 Å². The minimum absolute atomic E-state index is 0.352. The van der Waals surface area contributed by atoms with Gasteiger partial charge < -0.3 is 5.43 Å². The molecule has 0 unspecified atom stereocenters. The molecule has 0 atom stereocenters. The first-order valence-corrected chi connectivity index (χ1v) is 7.63. The summed E-state index contributed by atoms with van der Waals surface area (Å²) in [5.41, 5.74) is 5.38. The molecule has 1 aromatic carbocycles. The zero-order valence-electron chi connectivity index (χ0n) is 12.1. The van der Waals surface area contributed by atoms with Crippen LogP contribution in [0.5, 0.6) is 0 Å². The van der Waals surface area contributed by atoms with Gasteiger partial charge in [-0.15, -0.1) is 0 Å². The third kappa shape index (κ3) is 3.19. The molecule has 21 heavy (non-hydrogen) atoms. The Bertz CT molecular complexity index is 624. The van der Waals surface area contributed by atoms with Crippen molar-refractivity contribution in [1.82, 2.24) is 15.4 Å². The Morgan fingerprint density at radius 3 is 2.62 bits per heavy atom. The van der Waals surface area contributed by atoms with Crippen LogP contribution in [0.2, 0.25) is 0 Å². The predicted molar refractivity (Wildman–Crippen MR) is 84.9 cm³/mol. The minimum atomic E-state index is 0.352. The third-order valence-electron chi connectivity index (χ3n) is 4.03. The highest BCUT2D eigenvalue weighted by atomic mass is 15.3. The standard InChI is InChI=1S/C16H21N5/c17-21-16(20-12-6-3-1-2-4-7-12)13-8-5-9-14-15(13)19-11-10-18-14/h5,8-12H,1-4,6-7,17H2,(H,20,21). The van der Waals surface area contributed by atoms with Crippen LogP contribution in [-0.2, 0) is 0 Å². The molecule has 3 N–H and O–H groups in total. The molecule has 0 radical (unpaired) electrons. The lowest BCUT2D eigenvalue weighted by atomic mass is 10.1. The van der Waals surface area contributed by atoms with Crippen molar-refractivity contribution in [3.63, 3.8) is 0 Å². The van der Waals surface area contributed by atoms with Gasteiger partial charge in [0.05, 0.1) is 17.1 Å². The summed E-state index contributed by atoms with van der Waals surface area (Å²) in [7, 11) is 0. The molecule has 1 saturated carbocycles. The molecule has 0 amide bonds. The number of amidine groups is 1. The zero-order chi connectivity index (χ0) is 14.5. The lowest BCUT2D eigenvalue weighted by molar-refractivity contribution is 0.583. The van der Waals surface area contributed by atoms with Gasteiger partial charge in [-0.05, 0) is 25.0 Å². The Morgan fingerprint density at radius 2 is 1.86 bits per heavy atom. The largest absolute Gasteiger partial charge is 0.308 e. The number of nitrogens with two attached hydrogens (primary N) is 1. The van der Waals surface area contributed by atoms with E-state index >= 15 is 0 Å². The molecular formula is C16H21N5. The molecule has 110 valence electrons. The van der Waals surface area contributed by atoms with Crippen LogP contribution < -0.4 is 11.3 Å². The van der Waals surface area contributed by atoms with Crippen LogP contribution >= 0.6 is 0 Å². The molecule has 0 bridgehead atoms. The van der Waals surface area contributed by atoms with Gasteiger partial charge in [0, 0.05) is 18.0 Å². The molecule has 1 aromatic heterocycles. The average molecular weight is 283 g/mol. The van der Waals surface area contributed by atoms with Crippen molar-refractivity contribution in [2.75, 3.05) is 0 Å². The summed E-state index contributed by atoms with van der Waals surface area (Å²) in [6, 6.07) is 6.26. The molecule has 0 spiro atoms. The molecule has 2 aromatic rings. The monoisotopic (exact) mass is 283 g/mol. The fourth-order valence-electron chi connectivity index (χ4n) is 2.94. The first-order valence-electron chi connectivity index (χ1n) is 7.63. The molecule has 1 aliphatic carbocycles. The maximum atomic E-state index is 5.72. The van der Waals surface area contributed by atoms with Gasteiger partial charge in [0.1, 0.15) is 5.84 Å². The number of hydrogen-bond donors (Lipinski definition) is 2. The molecule has 5 nitrogen and oxygen atoms in total. The molecule has 1 fully saturated rings. The third-order valence-corrected chi connectivity index (χ3v) is 4.03. The Hall–Kier alpha value is -2.01. The van der Waals surface area contributed by atoms with Crippen molar-refractivity contribution in [3.8, 4) is 0 Å². The van der Waals surface area contributed by atoms with E-state index in [0.717, 1.165) is 29.4 Å². The highest BCUT2D eigenvalue weighted by molar-refractivity contribution is 6.07. The van der Waals surface area contributed by atoms with Crippen molar-refractivity contribution in [2.45, 2.75) is 44.6 Å². The van der Waals surface area contributed by atoms with Crippen molar-refractivity contribution in [1.29, 1.82) is 0 Å². The van der Waals surface area contributed by atoms with Crippen LogP contribution in [0.3, 0.4) is 0 Å². The van der Waals surface area contributed by atoms with E-state index in [0.29, 0.717) is 11.9 Å². The topological polar surface area (TPSA) is 76.2 Å². The van der Waals surface area contributed by atoms with E-state index in [1.54, 1.807) is 12.4 Å². The van der Waals surface area contributed by atoms with Crippen LogP contribution in [0.4, 0.5) is 0 Å². The Labute approximate surface area is 124 Å². The number of para-hydroxylation sites is 1. The molecule has 1 heterocycles. The summed E-state index contributed by atoms with van der Waals surface area (Å²) in [6.07, 6.45) is 10.8. The van der Waals surface area contributed by atoms with Gasteiger partial charge >= 0.3 is 0 Å². The van der Waals surface area contributed by atoms with Crippen LogP contribution in [-0.4, -0.2) is 21.8 Å². The smallest absolute Gasteiger partial charge is 0.145 e. The quantitative estimate of drug-likeness (QED) is 0.292.